The number of nitrogens with zero attached hydrogens (tertiary/aromatic N) is 2. The van der Waals surface area contributed by atoms with E-state index in [0.29, 0.717) is 0 Å². The Labute approximate surface area is 219 Å². The van der Waals surface area contributed by atoms with Crippen molar-refractivity contribution in [2.75, 3.05) is 29.5 Å². The van der Waals surface area contributed by atoms with E-state index >= 15 is 0 Å². The maximum atomic E-state index is 13.1. The third-order valence-electron chi connectivity index (χ3n) is 4.43. The molecule has 1 fully saturated rings. The molecule has 164 valence electrons. The summed E-state index contributed by atoms with van der Waals surface area (Å²) in [6.45, 7) is 0.0171. The van der Waals surface area contributed by atoms with Gasteiger partial charge in [-0.2, -0.15) is 4.31 Å². The zero-order chi connectivity index (χ0) is 22.2. The van der Waals surface area contributed by atoms with Gasteiger partial charge in [0.2, 0.25) is 10.0 Å². The summed E-state index contributed by atoms with van der Waals surface area (Å²) in [5.74, 6) is -0.435. The molecule has 0 aliphatic carbocycles. The Hall–Kier alpha value is -0.400. The Morgan fingerprint density at radius 1 is 1.10 bits per heavy atom. The van der Waals surface area contributed by atoms with E-state index in [9.17, 15) is 22.9 Å². The Morgan fingerprint density at radius 3 is 2.29 bits per heavy atom. The fourth-order valence-electron chi connectivity index (χ4n) is 2.98. The monoisotopic (exact) mass is 535 g/mol. The van der Waals surface area contributed by atoms with E-state index in [1.165, 1.54) is 30.3 Å². The van der Waals surface area contributed by atoms with Gasteiger partial charge >= 0.3 is 35.6 Å². The van der Waals surface area contributed by atoms with Gasteiger partial charge in [0, 0.05) is 0 Å². The normalized spacial score (nSPS) is 15.4. The van der Waals surface area contributed by atoms with Crippen LogP contribution in [-0.2, 0) is 21.2 Å². The number of anilines is 2. The average Bonchev–Trinajstić information content (AvgIpc) is 2.67. The van der Waals surface area contributed by atoms with Crippen LogP contribution < -0.4 is 10.6 Å². The van der Waals surface area contributed by atoms with Gasteiger partial charge in [0.25, 0.3) is 0 Å². The van der Waals surface area contributed by atoms with E-state index in [1.807, 2.05) is 0 Å². The van der Waals surface area contributed by atoms with Crippen molar-refractivity contribution in [2.45, 2.75) is 4.90 Å². The number of carbonyl (C=O) groups is 1. The molecule has 0 aromatic heterocycles. The van der Waals surface area contributed by atoms with Gasteiger partial charge in [-0.15, -0.1) is 0 Å². The van der Waals surface area contributed by atoms with Gasteiger partial charge in [-0.25, -0.2) is 13.2 Å². The molecule has 3 rings (SSSR count). The number of aromatic hydroxyl groups is 1. The molecule has 8 nitrogen and oxygen atoms in total. The number of phenols is 1. The molecule has 0 spiro atoms. The van der Waals surface area contributed by atoms with Crippen molar-refractivity contribution in [3.63, 3.8) is 0 Å². The van der Waals surface area contributed by atoms with Gasteiger partial charge in [-0.1, -0.05) is 52.0 Å². The van der Waals surface area contributed by atoms with Crippen LogP contribution in [0, 0.1) is 0 Å². The molecule has 0 unspecified atom stereocenters. The molecule has 2 aromatic rings. The molecule has 0 radical (unpaired) electrons. The van der Waals surface area contributed by atoms with Crippen molar-refractivity contribution >= 4 is 103 Å². The number of sulfonamides is 1. The zero-order valence-corrected chi connectivity index (χ0v) is 19.1. The molecule has 2 aromatic carbocycles. The molecule has 14 heteroatoms. The first-order valence-electron chi connectivity index (χ1n) is 8.46. The molecule has 1 aliphatic rings. The first kappa shape index (κ1) is 26.8. The summed E-state index contributed by atoms with van der Waals surface area (Å²) in [5, 5.41) is 10.7. The van der Waals surface area contributed by atoms with Crippen LogP contribution in [0.5, 0.6) is 5.75 Å². The minimum atomic E-state index is -4.25. The predicted octanol–water partition coefficient (Wildman–Crippen LogP) is 2.67. The van der Waals surface area contributed by atoms with Gasteiger partial charge in [0.1, 0.15) is 16.4 Å². The quantitative estimate of drug-likeness (QED) is 0.459. The van der Waals surface area contributed by atoms with Gasteiger partial charge in [-0.05, 0) is 24.3 Å². The van der Waals surface area contributed by atoms with Crippen molar-refractivity contribution in [3.05, 3.63) is 45.4 Å². The maximum absolute atomic E-state index is 13.1. The van der Waals surface area contributed by atoms with Crippen molar-refractivity contribution in [1.82, 2.24) is 4.31 Å². The van der Waals surface area contributed by atoms with Crippen molar-refractivity contribution in [2.24, 2.45) is 5.73 Å². The second kappa shape index (κ2) is 10.7. The number of carbonyl (C=O) groups excluding carboxylic acids is 1. The van der Waals surface area contributed by atoms with Crippen LogP contribution in [0.15, 0.2) is 35.2 Å². The Balaban J connectivity index is 0.00000341. The zero-order valence-electron chi connectivity index (χ0n) is 15.2. The fourth-order valence-corrected chi connectivity index (χ4v) is 6.68. The summed E-state index contributed by atoms with van der Waals surface area (Å²) in [4.78, 5) is 12.5. The fraction of sp³-hybridized carbons (Fsp3) is 0.235. The average molecular weight is 537 g/mol. The Morgan fingerprint density at radius 2 is 1.71 bits per heavy atom. The first-order valence-corrected chi connectivity index (χ1v) is 12.5. The molecule has 1 saturated heterocycles. The van der Waals surface area contributed by atoms with Gasteiger partial charge < -0.3 is 15.4 Å². The van der Waals surface area contributed by atoms with Gasteiger partial charge in [0.05, 0.1) is 39.5 Å². The molecule has 0 bridgehead atoms. The second-order valence-corrected chi connectivity index (χ2v) is 11.0. The molecule has 2 amide bonds. The number of phenolic OH excluding ortho intramolecular Hbond substituents is 1. The molecule has 0 atom stereocenters. The SMILES string of the molecule is NC(=O)N(c1ccc(Cl)c(S(=O)(=O)N2CC[S+]([O-])CC2)c1O)c1cccc(Cl)c1Cl.[NaH]. The summed E-state index contributed by atoms with van der Waals surface area (Å²) < 4.78 is 38.9. The number of hydrogen-bond donors (Lipinski definition) is 2. The molecular formula is C17H17Cl3N3NaO5S2. The van der Waals surface area contributed by atoms with Crippen LogP contribution in [-0.4, -0.2) is 82.6 Å². The number of halogens is 3. The van der Waals surface area contributed by atoms with Crippen molar-refractivity contribution in [1.29, 1.82) is 0 Å². The van der Waals surface area contributed by atoms with Crippen molar-refractivity contribution in [3.8, 4) is 5.75 Å². The number of rotatable bonds is 4. The topological polar surface area (TPSA) is 127 Å². The van der Waals surface area contributed by atoms with Crippen LogP contribution in [0.4, 0.5) is 16.2 Å². The first-order chi connectivity index (χ1) is 14.1. The molecule has 31 heavy (non-hydrogen) atoms. The summed E-state index contributed by atoms with van der Waals surface area (Å²) in [6.07, 6.45) is 0. The number of benzene rings is 2. The predicted molar refractivity (Wildman–Crippen MR) is 125 cm³/mol. The molecular weight excluding hydrogens is 520 g/mol. The van der Waals surface area contributed by atoms with E-state index < -0.39 is 37.9 Å². The van der Waals surface area contributed by atoms with Crippen LogP contribution in [0.1, 0.15) is 0 Å². The summed E-state index contributed by atoms with van der Waals surface area (Å²) in [7, 11) is -4.25. The van der Waals surface area contributed by atoms with E-state index in [-0.39, 0.29) is 80.6 Å². The third kappa shape index (κ3) is 5.40. The van der Waals surface area contributed by atoms with E-state index in [1.54, 1.807) is 0 Å². The number of amides is 2. The number of hydrogen-bond acceptors (Lipinski definition) is 5. The summed E-state index contributed by atoms with van der Waals surface area (Å²) >= 11 is 17.2. The third-order valence-corrected chi connectivity index (χ3v) is 8.92. The van der Waals surface area contributed by atoms with Crippen LogP contribution in [0.2, 0.25) is 15.1 Å². The van der Waals surface area contributed by atoms with E-state index in [0.717, 1.165) is 9.21 Å². The van der Waals surface area contributed by atoms with E-state index in [4.69, 9.17) is 40.5 Å². The Bertz CT molecular complexity index is 1100. The summed E-state index contributed by atoms with van der Waals surface area (Å²) in [5.41, 5.74) is 5.30. The molecule has 1 aliphatic heterocycles. The minimum absolute atomic E-state index is 0. The number of nitrogens with two attached hydrogens (primary N) is 1. The van der Waals surface area contributed by atoms with Crippen LogP contribution in [0.25, 0.3) is 0 Å². The Kier molecular flexibility index (Phi) is 9.26. The molecule has 3 N–H and O–H groups in total. The van der Waals surface area contributed by atoms with Crippen LogP contribution >= 0.6 is 34.8 Å². The molecule has 0 saturated carbocycles. The number of urea groups is 1. The standard InChI is InChI=1S/C17H16Cl3N3O5S2.Na.H/c18-10-2-1-3-12(14(10)20)23(17(21)25)13-5-4-11(19)16(15(13)24)30(27,28)22-6-8-29(26)9-7-22;;/h1-5,24H,6-9H2,(H2,21,25);;. The van der Waals surface area contributed by atoms with Crippen LogP contribution in [0.3, 0.4) is 0 Å². The van der Waals surface area contributed by atoms with Gasteiger partial charge in [0.15, 0.2) is 5.75 Å². The van der Waals surface area contributed by atoms with E-state index in [2.05, 4.69) is 0 Å². The van der Waals surface area contributed by atoms with Crippen molar-refractivity contribution < 1.29 is 22.9 Å². The second-order valence-electron chi connectivity index (χ2n) is 6.24. The number of primary amides is 1. The van der Waals surface area contributed by atoms with Gasteiger partial charge in [-0.3, -0.25) is 4.90 Å². The summed E-state index contributed by atoms with van der Waals surface area (Å²) in [6, 6.07) is 5.86. The molecule has 1 heterocycles.